The molecule has 0 aliphatic carbocycles. The zero-order valence-corrected chi connectivity index (χ0v) is 31.6. The van der Waals surface area contributed by atoms with Crippen LogP contribution in [0.1, 0.15) is 197 Å². The van der Waals surface area contributed by atoms with Gasteiger partial charge in [0.05, 0.1) is 0 Å². The van der Waals surface area contributed by atoms with Gasteiger partial charge in [-0.2, -0.15) is 0 Å². The van der Waals surface area contributed by atoms with Crippen LogP contribution >= 0.6 is 0 Å². The van der Waals surface area contributed by atoms with E-state index in [0.717, 1.165) is 62.8 Å². The van der Waals surface area contributed by atoms with Crippen molar-refractivity contribution in [2.45, 2.75) is 189 Å². The van der Waals surface area contributed by atoms with Crippen LogP contribution in [-0.2, 0) is 25.7 Å². The summed E-state index contributed by atoms with van der Waals surface area (Å²) in [6.45, 7) is 13.8. The molecule has 47 heavy (non-hydrogen) atoms. The largest absolute Gasteiger partial charge is 0.493 e. The van der Waals surface area contributed by atoms with Gasteiger partial charge in [-0.1, -0.05) is 124 Å². The van der Waals surface area contributed by atoms with E-state index >= 15 is 0 Å². The molecule has 0 saturated heterocycles. The summed E-state index contributed by atoms with van der Waals surface area (Å²) in [6.07, 6.45) is 27.5. The van der Waals surface area contributed by atoms with E-state index in [0.29, 0.717) is 0 Å². The third-order valence-electron chi connectivity index (χ3n) is 10.1. The van der Waals surface area contributed by atoms with Crippen LogP contribution in [0.4, 0.5) is 0 Å². The van der Waals surface area contributed by atoms with Gasteiger partial charge in [0.2, 0.25) is 11.4 Å². The molecule has 0 unspecified atom stereocenters. The highest BCUT2D eigenvalue weighted by atomic mass is 15.2. The number of unbranched alkanes of at least 4 members (excludes halogenated alkanes) is 11. The van der Waals surface area contributed by atoms with Crippen LogP contribution in [-0.4, -0.2) is 4.70 Å². The summed E-state index contributed by atoms with van der Waals surface area (Å²) in [5.41, 5.74) is 25.6. The molecule has 1 aliphatic rings. The number of rotatable bonds is 25. The van der Waals surface area contributed by atoms with E-state index in [2.05, 4.69) is 77.9 Å². The van der Waals surface area contributed by atoms with Gasteiger partial charge in [-0.15, -0.1) is 0 Å². The molecule has 0 bridgehead atoms. The van der Waals surface area contributed by atoms with Crippen LogP contribution in [0.2, 0.25) is 0 Å². The van der Waals surface area contributed by atoms with Crippen LogP contribution in [0, 0.1) is 0 Å². The Labute approximate surface area is 291 Å². The molecule has 0 radical (unpaired) electrons. The summed E-state index contributed by atoms with van der Waals surface area (Å²) >= 11 is 0. The highest BCUT2D eigenvalue weighted by Crippen LogP contribution is 2.45. The molecule has 3 rings (SSSR count). The molecule has 2 aromatic rings. The molecule has 2 aromatic carbocycles. The number of hydrogen-bond donors (Lipinski definition) is 0. The van der Waals surface area contributed by atoms with Crippen LogP contribution in [0.15, 0.2) is 47.5 Å². The fourth-order valence-corrected chi connectivity index (χ4v) is 7.34. The fourth-order valence-electron chi connectivity index (χ4n) is 7.34. The topological polar surface area (TPSA) is 25.3 Å². The van der Waals surface area contributed by atoms with Crippen LogP contribution in [0.5, 0.6) is 0 Å². The summed E-state index contributed by atoms with van der Waals surface area (Å²) in [4.78, 5) is 0. The SMILES string of the molecule is CCCCCCc1cc(CCCCCC)cc(C2=C(CCCC)C(CCCCC)=C(c3cc(CCCC)cc(CCCC)c3)[N+]2=[N-])c1. The van der Waals surface area contributed by atoms with E-state index in [-0.39, 0.29) is 0 Å². The van der Waals surface area contributed by atoms with Gasteiger partial charge in [-0.05, 0) is 124 Å². The summed E-state index contributed by atoms with van der Waals surface area (Å²) < 4.78 is 1.66. The normalized spacial score (nSPS) is 13.4. The maximum absolute atomic E-state index is 12.5. The van der Waals surface area contributed by atoms with Crippen molar-refractivity contribution in [1.29, 1.82) is 0 Å². The Morgan fingerprint density at radius 3 is 1.04 bits per heavy atom. The van der Waals surface area contributed by atoms with Crippen molar-refractivity contribution in [2.75, 3.05) is 0 Å². The molecule has 0 N–H and O–H groups in total. The first kappa shape index (κ1) is 39.0. The van der Waals surface area contributed by atoms with Crippen molar-refractivity contribution in [3.63, 3.8) is 0 Å². The monoisotopic (exact) mass is 639 g/mol. The lowest BCUT2D eigenvalue weighted by molar-refractivity contribution is -0.345. The van der Waals surface area contributed by atoms with Crippen molar-refractivity contribution < 1.29 is 4.70 Å². The van der Waals surface area contributed by atoms with E-state index in [9.17, 15) is 5.53 Å². The quantitative estimate of drug-likeness (QED) is 0.0764. The summed E-state index contributed by atoms with van der Waals surface area (Å²) in [6, 6.07) is 14.6. The molecule has 0 saturated carbocycles. The smallest absolute Gasteiger partial charge is 0.211 e. The molecule has 1 aliphatic heterocycles. The first-order valence-electron chi connectivity index (χ1n) is 20.2. The van der Waals surface area contributed by atoms with Crippen molar-refractivity contribution in [3.8, 4) is 0 Å². The highest BCUT2D eigenvalue weighted by molar-refractivity contribution is 5.82. The average molecular weight is 639 g/mol. The van der Waals surface area contributed by atoms with Crippen molar-refractivity contribution in [3.05, 3.63) is 86.5 Å². The van der Waals surface area contributed by atoms with Crippen LogP contribution < -0.4 is 0 Å². The van der Waals surface area contributed by atoms with E-state index in [4.69, 9.17) is 0 Å². The number of nitrogens with zero attached hydrogens (tertiary/aromatic N) is 2. The van der Waals surface area contributed by atoms with Crippen LogP contribution in [0.3, 0.4) is 0 Å². The maximum atomic E-state index is 12.5. The lowest BCUT2D eigenvalue weighted by Gasteiger charge is -2.15. The van der Waals surface area contributed by atoms with Gasteiger partial charge in [-0.25, -0.2) is 4.70 Å². The number of allylic oxidation sites excluding steroid dienone is 2. The van der Waals surface area contributed by atoms with Crippen molar-refractivity contribution in [2.24, 2.45) is 0 Å². The first-order valence-corrected chi connectivity index (χ1v) is 20.2. The number of benzene rings is 2. The Bertz CT molecular complexity index is 1240. The molecule has 260 valence electrons. The Morgan fingerprint density at radius 2 is 0.660 bits per heavy atom. The Morgan fingerprint density at radius 1 is 0.362 bits per heavy atom. The number of aryl methyl sites for hydroxylation is 4. The Balaban J connectivity index is 2.18. The van der Waals surface area contributed by atoms with Gasteiger partial charge < -0.3 is 5.53 Å². The zero-order valence-electron chi connectivity index (χ0n) is 31.6. The molecule has 1 heterocycles. The molecule has 0 amide bonds. The molecule has 2 nitrogen and oxygen atoms in total. The van der Waals surface area contributed by atoms with E-state index in [1.807, 2.05) is 0 Å². The molecule has 0 spiro atoms. The summed E-state index contributed by atoms with van der Waals surface area (Å²) in [5, 5.41) is 0. The second kappa shape index (κ2) is 22.2. The molecule has 0 fully saturated rings. The summed E-state index contributed by atoms with van der Waals surface area (Å²) in [5.74, 6) is 0. The molecule has 0 aromatic heterocycles. The second-order valence-electron chi connectivity index (χ2n) is 14.4. The first-order chi connectivity index (χ1) is 23.0. The zero-order chi connectivity index (χ0) is 33.9. The predicted octanol–water partition coefficient (Wildman–Crippen LogP) is 14.6. The van der Waals surface area contributed by atoms with E-state index in [1.165, 1.54) is 141 Å². The molecule has 0 atom stereocenters. The van der Waals surface area contributed by atoms with Crippen LogP contribution in [0.25, 0.3) is 16.9 Å². The molecular formula is C45H70N2. The number of hydrogen-bond acceptors (Lipinski definition) is 0. The Hall–Kier alpha value is -2.48. The van der Waals surface area contributed by atoms with Gasteiger partial charge in [0, 0.05) is 22.3 Å². The molecular weight excluding hydrogens is 569 g/mol. The standard InChI is InChI=1S/C45H70N2/c1-7-13-19-22-26-38-31-39(27-23-20-14-8-2)35-41(34-38)44-42(28-18-12-6)43(29-21-15-9-3)45(47(44)46)40-32-36(24-16-10-4)30-37(33-40)25-17-11-5/h30-35H,7-29H2,1-6H3. The van der Waals surface area contributed by atoms with E-state index < -0.39 is 0 Å². The van der Waals surface area contributed by atoms with Gasteiger partial charge in [0.1, 0.15) is 0 Å². The highest BCUT2D eigenvalue weighted by Gasteiger charge is 2.35. The third kappa shape index (κ3) is 12.2. The van der Waals surface area contributed by atoms with Gasteiger partial charge >= 0.3 is 0 Å². The maximum Gasteiger partial charge on any atom is 0.211 e. The average Bonchev–Trinajstić information content (AvgIpc) is 3.36. The second-order valence-corrected chi connectivity index (χ2v) is 14.4. The van der Waals surface area contributed by atoms with E-state index in [1.54, 1.807) is 4.70 Å². The molecule has 2 heteroatoms. The summed E-state index contributed by atoms with van der Waals surface area (Å²) in [7, 11) is 0. The minimum absolute atomic E-state index is 1.03. The minimum atomic E-state index is 1.03. The lowest BCUT2D eigenvalue weighted by atomic mass is 9.90. The van der Waals surface area contributed by atoms with Gasteiger partial charge in [0.25, 0.3) is 0 Å². The van der Waals surface area contributed by atoms with Crippen molar-refractivity contribution >= 4 is 11.4 Å². The minimum Gasteiger partial charge on any atom is -0.493 e. The van der Waals surface area contributed by atoms with Gasteiger partial charge in [-0.3, -0.25) is 0 Å². The lowest BCUT2D eigenvalue weighted by Crippen LogP contribution is -2.05. The predicted molar refractivity (Wildman–Crippen MR) is 207 cm³/mol. The third-order valence-corrected chi connectivity index (χ3v) is 10.1. The Kier molecular flexibility index (Phi) is 18.4. The fraction of sp³-hybridized carbons (Fsp3) is 0.644. The van der Waals surface area contributed by atoms with Gasteiger partial charge in [0.15, 0.2) is 0 Å². The van der Waals surface area contributed by atoms with Crippen molar-refractivity contribution in [1.82, 2.24) is 0 Å².